The number of rotatable bonds is 6. The van der Waals surface area contributed by atoms with Gasteiger partial charge in [0.05, 0.1) is 24.7 Å². The molecule has 1 amide bonds. The number of aliphatic hydroxyl groups is 1. The molecule has 9 heteroatoms. The molecule has 1 fully saturated rings. The molecule has 0 saturated carbocycles. The third-order valence-corrected chi connectivity index (χ3v) is 6.18. The molecule has 2 heterocycles. The number of benzene rings is 1. The zero-order valence-corrected chi connectivity index (χ0v) is 15.7. The van der Waals surface area contributed by atoms with Crippen molar-refractivity contribution in [3.05, 3.63) is 53.5 Å². The molecule has 0 aliphatic carbocycles. The maximum absolute atomic E-state index is 12.6. The molecule has 3 rings (SSSR count). The van der Waals surface area contributed by atoms with E-state index >= 15 is 0 Å². The van der Waals surface area contributed by atoms with Gasteiger partial charge in [-0.05, 0) is 43.3 Å². The zero-order valence-electron chi connectivity index (χ0n) is 14.9. The van der Waals surface area contributed by atoms with Crippen LogP contribution in [0, 0.1) is 6.92 Å². The summed E-state index contributed by atoms with van der Waals surface area (Å²) in [6.45, 7) is 3.12. The molecule has 0 radical (unpaired) electrons. The Morgan fingerprint density at radius 1 is 1.19 bits per heavy atom. The normalized spacial score (nSPS) is 16.8. The molecule has 2 N–H and O–H groups in total. The van der Waals surface area contributed by atoms with Crippen molar-refractivity contribution < 1.29 is 27.5 Å². The van der Waals surface area contributed by atoms with Crippen molar-refractivity contribution in [3.8, 4) is 0 Å². The quantitative estimate of drug-likeness (QED) is 0.759. The number of ether oxygens (including phenoxy) is 1. The summed E-state index contributed by atoms with van der Waals surface area (Å²) in [6.07, 6.45) is -0.955. The van der Waals surface area contributed by atoms with Crippen LogP contribution in [0.25, 0.3) is 0 Å². The molecule has 1 saturated heterocycles. The molecule has 1 aromatic heterocycles. The summed E-state index contributed by atoms with van der Waals surface area (Å²) in [5.74, 6) is 0.639. The maximum atomic E-state index is 12.6. The smallest absolute Gasteiger partial charge is 0.251 e. The van der Waals surface area contributed by atoms with Crippen LogP contribution in [0.2, 0.25) is 0 Å². The number of morpholine rings is 1. The van der Waals surface area contributed by atoms with Gasteiger partial charge < -0.3 is 19.6 Å². The number of aryl methyl sites for hydroxylation is 1. The molecule has 0 bridgehead atoms. The van der Waals surface area contributed by atoms with Crippen LogP contribution in [-0.4, -0.2) is 56.6 Å². The van der Waals surface area contributed by atoms with Crippen LogP contribution in [0.5, 0.6) is 0 Å². The topological polar surface area (TPSA) is 109 Å². The molecule has 1 aliphatic heterocycles. The number of nitrogens with one attached hydrogen (secondary N) is 1. The molecular weight excluding hydrogens is 372 g/mol. The number of carbonyl (C=O) groups excluding carboxylic acids is 1. The highest BCUT2D eigenvalue weighted by atomic mass is 32.2. The van der Waals surface area contributed by atoms with Gasteiger partial charge in [-0.1, -0.05) is 0 Å². The Balaban J connectivity index is 1.61. The summed E-state index contributed by atoms with van der Waals surface area (Å²) in [5, 5.41) is 12.6. The first kappa shape index (κ1) is 19.6. The van der Waals surface area contributed by atoms with E-state index in [0.29, 0.717) is 43.4 Å². The minimum atomic E-state index is -3.59. The van der Waals surface area contributed by atoms with Crippen molar-refractivity contribution in [2.24, 2.45) is 0 Å². The van der Waals surface area contributed by atoms with Crippen molar-refractivity contribution in [1.29, 1.82) is 0 Å². The summed E-state index contributed by atoms with van der Waals surface area (Å²) < 4.78 is 37.0. The second-order valence-electron chi connectivity index (χ2n) is 6.22. The first-order valence-electron chi connectivity index (χ1n) is 8.58. The third kappa shape index (κ3) is 4.56. The van der Waals surface area contributed by atoms with E-state index in [1.165, 1.54) is 28.6 Å². The van der Waals surface area contributed by atoms with Crippen molar-refractivity contribution in [2.45, 2.75) is 17.9 Å². The average molecular weight is 394 g/mol. The highest BCUT2D eigenvalue weighted by molar-refractivity contribution is 7.89. The summed E-state index contributed by atoms with van der Waals surface area (Å²) in [7, 11) is -3.59. The van der Waals surface area contributed by atoms with Gasteiger partial charge in [0.2, 0.25) is 10.0 Å². The minimum absolute atomic E-state index is 0.0143. The van der Waals surface area contributed by atoms with Crippen LogP contribution in [0.15, 0.2) is 45.7 Å². The number of amides is 1. The highest BCUT2D eigenvalue weighted by Gasteiger charge is 2.26. The van der Waals surface area contributed by atoms with Gasteiger partial charge in [-0.2, -0.15) is 4.31 Å². The average Bonchev–Trinajstić information content (AvgIpc) is 3.13. The van der Waals surface area contributed by atoms with E-state index in [-0.39, 0.29) is 11.4 Å². The van der Waals surface area contributed by atoms with Crippen molar-refractivity contribution in [3.63, 3.8) is 0 Å². The second-order valence-corrected chi connectivity index (χ2v) is 8.15. The summed E-state index contributed by atoms with van der Waals surface area (Å²) in [6, 6.07) is 9.10. The van der Waals surface area contributed by atoms with E-state index in [9.17, 15) is 18.3 Å². The van der Waals surface area contributed by atoms with Crippen LogP contribution in [0.3, 0.4) is 0 Å². The Morgan fingerprint density at radius 2 is 1.85 bits per heavy atom. The fraction of sp³-hybridized carbons (Fsp3) is 0.389. The molecule has 146 valence electrons. The SMILES string of the molecule is Cc1ccc(C(O)CNC(=O)c2ccc(S(=O)(=O)N3CCOCC3)cc2)o1. The van der Waals surface area contributed by atoms with Gasteiger partial charge in [-0.3, -0.25) is 4.79 Å². The molecule has 27 heavy (non-hydrogen) atoms. The lowest BCUT2D eigenvalue weighted by molar-refractivity contribution is 0.0730. The Bertz CT molecular complexity index is 885. The van der Waals surface area contributed by atoms with Crippen LogP contribution < -0.4 is 5.32 Å². The van der Waals surface area contributed by atoms with E-state index in [0.717, 1.165) is 0 Å². The molecule has 2 aromatic rings. The van der Waals surface area contributed by atoms with Gasteiger partial charge in [-0.25, -0.2) is 8.42 Å². The first-order valence-corrected chi connectivity index (χ1v) is 10.0. The number of nitrogens with zero attached hydrogens (tertiary/aromatic N) is 1. The van der Waals surface area contributed by atoms with Gasteiger partial charge in [0, 0.05) is 18.7 Å². The van der Waals surface area contributed by atoms with Crippen LogP contribution in [-0.2, 0) is 14.8 Å². The van der Waals surface area contributed by atoms with E-state index < -0.39 is 22.0 Å². The fourth-order valence-electron chi connectivity index (χ4n) is 2.74. The Hall–Kier alpha value is -2.20. The lowest BCUT2D eigenvalue weighted by Gasteiger charge is -2.26. The van der Waals surface area contributed by atoms with Gasteiger partial charge in [0.1, 0.15) is 17.6 Å². The van der Waals surface area contributed by atoms with Crippen LogP contribution in [0.4, 0.5) is 0 Å². The number of furan rings is 1. The minimum Gasteiger partial charge on any atom is -0.464 e. The van der Waals surface area contributed by atoms with Crippen LogP contribution in [0.1, 0.15) is 28.0 Å². The van der Waals surface area contributed by atoms with E-state index in [2.05, 4.69) is 5.32 Å². The highest BCUT2D eigenvalue weighted by Crippen LogP contribution is 2.18. The number of hydrogen-bond acceptors (Lipinski definition) is 6. The molecule has 1 unspecified atom stereocenters. The molecular formula is C18H22N2O6S. The van der Waals surface area contributed by atoms with Crippen molar-refractivity contribution in [2.75, 3.05) is 32.8 Å². The van der Waals surface area contributed by atoms with Gasteiger partial charge in [0.15, 0.2) is 0 Å². The Morgan fingerprint density at radius 3 is 2.44 bits per heavy atom. The lowest BCUT2D eigenvalue weighted by atomic mass is 10.2. The number of hydrogen-bond donors (Lipinski definition) is 2. The fourth-order valence-corrected chi connectivity index (χ4v) is 4.15. The van der Waals surface area contributed by atoms with Gasteiger partial charge in [-0.15, -0.1) is 0 Å². The number of sulfonamides is 1. The zero-order chi connectivity index (χ0) is 19.4. The monoisotopic (exact) mass is 394 g/mol. The first-order chi connectivity index (χ1) is 12.9. The standard InChI is InChI=1S/C18H22N2O6S/c1-13-2-7-17(26-13)16(21)12-19-18(22)14-3-5-15(6-4-14)27(23,24)20-8-10-25-11-9-20/h2-7,16,21H,8-12H2,1H3,(H,19,22). The largest absolute Gasteiger partial charge is 0.464 e. The van der Waals surface area contributed by atoms with E-state index in [1.54, 1.807) is 19.1 Å². The molecule has 1 aliphatic rings. The predicted molar refractivity (Wildman–Crippen MR) is 96.8 cm³/mol. The molecule has 1 atom stereocenters. The van der Waals surface area contributed by atoms with Crippen molar-refractivity contribution >= 4 is 15.9 Å². The molecule has 1 aromatic carbocycles. The van der Waals surface area contributed by atoms with Gasteiger partial charge >= 0.3 is 0 Å². The number of carbonyl (C=O) groups is 1. The van der Waals surface area contributed by atoms with E-state index in [4.69, 9.17) is 9.15 Å². The van der Waals surface area contributed by atoms with Gasteiger partial charge in [0.25, 0.3) is 5.91 Å². The number of aliphatic hydroxyl groups excluding tert-OH is 1. The second kappa shape index (κ2) is 8.22. The summed E-state index contributed by atoms with van der Waals surface area (Å²) in [5.41, 5.74) is 0.304. The molecule has 0 spiro atoms. The Labute approximate surface area is 157 Å². The maximum Gasteiger partial charge on any atom is 0.251 e. The third-order valence-electron chi connectivity index (χ3n) is 4.27. The predicted octanol–water partition coefficient (Wildman–Crippen LogP) is 1.07. The molecule has 8 nitrogen and oxygen atoms in total. The summed E-state index contributed by atoms with van der Waals surface area (Å²) in [4.78, 5) is 12.4. The summed E-state index contributed by atoms with van der Waals surface area (Å²) >= 11 is 0. The Kier molecular flexibility index (Phi) is 5.95. The lowest BCUT2D eigenvalue weighted by Crippen LogP contribution is -2.40. The van der Waals surface area contributed by atoms with E-state index in [1.807, 2.05) is 0 Å². The van der Waals surface area contributed by atoms with Crippen molar-refractivity contribution in [1.82, 2.24) is 9.62 Å². The van der Waals surface area contributed by atoms with Crippen LogP contribution >= 0.6 is 0 Å².